The molecule has 0 aromatic heterocycles. The van der Waals surface area contributed by atoms with E-state index in [-0.39, 0.29) is 5.54 Å². The van der Waals surface area contributed by atoms with E-state index in [2.05, 4.69) is 5.32 Å². The van der Waals surface area contributed by atoms with Crippen LogP contribution in [0.4, 0.5) is 5.69 Å². The maximum absolute atomic E-state index is 6.03. The number of benzene rings is 1. The van der Waals surface area contributed by atoms with Gasteiger partial charge < -0.3 is 20.5 Å². The number of rotatable bonds is 5. The van der Waals surface area contributed by atoms with Crippen molar-refractivity contribution >= 4 is 17.3 Å². The molecule has 0 heterocycles. The van der Waals surface area contributed by atoms with E-state index in [1.165, 1.54) is 0 Å². The zero-order chi connectivity index (χ0) is 13.1. The first-order chi connectivity index (χ1) is 7.93. The highest BCUT2D eigenvalue weighted by atomic mass is 35.5. The molecule has 0 aliphatic heterocycles. The maximum Gasteiger partial charge on any atom is 0.143 e. The van der Waals surface area contributed by atoms with E-state index in [0.717, 1.165) is 5.69 Å². The van der Waals surface area contributed by atoms with Crippen molar-refractivity contribution in [2.24, 2.45) is 5.73 Å². The van der Waals surface area contributed by atoms with Crippen molar-refractivity contribution in [2.75, 3.05) is 26.1 Å². The Labute approximate surface area is 107 Å². The van der Waals surface area contributed by atoms with E-state index in [1.54, 1.807) is 26.4 Å². The SMILES string of the molecule is COc1cc(NC(C)(C)CN)c(OC)cc1Cl. The number of nitrogens with two attached hydrogens (primary N) is 1. The first-order valence-corrected chi connectivity index (χ1v) is 5.71. The molecular weight excluding hydrogens is 240 g/mol. The molecule has 1 aromatic rings. The predicted molar refractivity (Wildman–Crippen MR) is 71.3 cm³/mol. The number of hydrogen-bond donors (Lipinski definition) is 2. The summed E-state index contributed by atoms with van der Waals surface area (Å²) in [7, 11) is 3.17. The van der Waals surface area contributed by atoms with Crippen LogP contribution in [0, 0.1) is 0 Å². The van der Waals surface area contributed by atoms with Crippen molar-refractivity contribution < 1.29 is 9.47 Å². The topological polar surface area (TPSA) is 56.5 Å². The highest BCUT2D eigenvalue weighted by Gasteiger charge is 2.18. The van der Waals surface area contributed by atoms with Crippen LogP contribution in [0.5, 0.6) is 11.5 Å². The zero-order valence-corrected chi connectivity index (χ0v) is 11.4. The first-order valence-electron chi connectivity index (χ1n) is 5.33. The largest absolute Gasteiger partial charge is 0.495 e. The van der Waals surface area contributed by atoms with E-state index in [9.17, 15) is 0 Å². The van der Waals surface area contributed by atoms with Crippen molar-refractivity contribution in [3.8, 4) is 11.5 Å². The lowest BCUT2D eigenvalue weighted by Crippen LogP contribution is -2.39. The Morgan fingerprint density at radius 2 is 1.82 bits per heavy atom. The van der Waals surface area contributed by atoms with Gasteiger partial charge in [-0.25, -0.2) is 0 Å². The Bertz CT molecular complexity index is 394. The molecule has 4 nitrogen and oxygen atoms in total. The minimum absolute atomic E-state index is 0.230. The lowest BCUT2D eigenvalue weighted by Gasteiger charge is -2.27. The van der Waals surface area contributed by atoms with Crippen LogP contribution < -0.4 is 20.5 Å². The summed E-state index contributed by atoms with van der Waals surface area (Å²) < 4.78 is 10.4. The van der Waals surface area contributed by atoms with Crippen LogP contribution in [0.3, 0.4) is 0 Å². The molecule has 0 saturated carbocycles. The summed E-state index contributed by atoms with van der Waals surface area (Å²) >= 11 is 6.03. The van der Waals surface area contributed by atoms with Crippen LogP contribution >= 0.6 is 11.6 Å². The molecule has 0 spiro atoms. The lowest BCUT2D eigenvalue weighted by atomic mass is 10.1. The monoisotopic (exact) mass is 258 g/mol. The average Bonchev–Trinajstić information content (AvgIpc) is 2.30. The predicted octanol–water partition coefficient (Wildman–Crippen LogP) is 2.51. The van der Waals surface area contributed by atoms with E-state index < -0.39 is 0 Å². The van der Waals surface area contributed by atoms with Crippen molar-refractivity contribution in [1.82, 2.24) is 0 Å². The third-order valence-corrected chi connectivity index (χ3v) is 2.75. The number of halogens is 1. The van der Waals surface area contributed by atoms with E-state index in [0.29, 0.717) is 23.1 Å². The second kappa shape index (κ2) is 5.47. The van der Waals surface area contributed by atoms with Crippen molar-refractivity contribution in [3.05, 3.63) is 17.2 Å². The lowest BCUT2D eigenvalue weighted by molar-refractivity contribution is 0.403. The second-order valence-electron chi connectivity index (χ2n) is 4.40. The minimum Gasteiger partial charge on any atom is -0.495 e. The van der Waals surface area contributed by atoms with Gasteiger partial charge in [0.2, 0.25) is 0 Å². The van der Waals surface area contributed by atoms with Crippen molar-refractivity contribution in [3.63, 3.8) is 0 Å². The Morgan fingerprint density at radius 3 is 2.29 bits per heavy atom. The fourth-order valence-corrected chi connectivity index (χ4v) is 1.60. The van der Waals surface area contributed by atoms with Gasteiger partial charge in [0.05, 0.1) is 24.9 Å². The van der Waals surface area contributed by atoms with Crippen LogP contribution in [-0.2, 0) is 0 Å². The standard InChI is InChI=1S/C12H19ClN2O2/c1-12(2,7-14)15-9-6-10(16-3)8(13)5-11(9)17-4/h5-6,15H,7,14H2,1-4H3. The Morgan fingerprint density at radius 1 is 1.24 bits per heavy atom. The van der Waals surface area contributed by atoms with Crippen molar-refractivity contribution in [2.45, 2.75) is 19.4 Å². The molecule has 0 unspecified atom stereocenters. The molecule has 0 saturated heterocycles. The van der Waals surface area contributed by atoms with Crippen LogP contribution in [-0.4, -0.2) is 26.3 Å². The molecule has 1 aromatic carbocycles. The first kappa shape index (κ1) is 13.9. The maximum atomic E-state index is 6.03. The summed E-state index contributed by atoms with van der Waals surface area (Å²) in [6.45, 7) is 4.52. The smallest absolute Gasteiger partial charge is 0.143 e. The molecule has 0 fully saturated rings. The highest BCUT2D eigenvalue weighted by molar-refractivity contribution is 6.32. The van der Waals surface area contributed by atoms with Crippen LogP contribution in [0.2, 0.25) is 5.02 Å². The van der Waals surface area contributed by atoms with Gasteiger partial charge in [-0.2, -0.15) is 0 Å². The van der Waals surface area contributed by atoms with Gasteiger partial charge in [-0.3, -0.25) is 0 Å². The molecule has 0 aliphatic carbocycles. The van der Waals surface area contributed by atoms with Gasteiger partial charge >= 0.3 is 0 Å². The summed E-state index contributed by atoms with van der Waals surface area (Å²) in [4.78, 5) is 0. The molecular formula is C12H19ClN2O2. The molecule has 17 heavy (non-hydrogen) atoms. The van der Waals surface area contributed by atoms with Crippen LogP contribution in [0.1, 0.15) is 13.8 Å². The highest BCUT2D eigenvalue weighted by Crippen LogP contribution is 2.36. The van der Waals surface area contributed by atoms with Gasteiger partial charge in [-0.1, -0.05) is 11.6 Å². The molecule has 0 aliphatic rings. The van der Waals surface area contributed by atoms with E-state index in [4.69, 9.17) is 26.8 Å². The summed E-state index contributed by atoms with van der Waals surface area (Å²) in [6, 6.07) is 3.52. The molecule has 0 amide bonds. The molecule has 1 rings (SSSR count). The third-order valence-electron chi connectivity index (χ3n) is 2.46. The number of nitrogens with one attached hydrogen (secondary N) is 1. The van der Waals surface area contributed by atoms with Crippen molar-refractivity contribution in [1.29, 1.82) is 0 Å². The Balaban J connectivity index is 3.12. The minimum atomic E-state index is -0.230. The summed E-state index contributed by atoms with van der Waals surface area (Å²) in [5.74, 6) is 1.26. The van der Waals surface area contributed by atoms with Gasteiger partial charge in [0, 0.05) is 24.2 Å². The second-order valence-corrected chi connectivity index (χ2v) is 4.81. The molecule has 96 valence electrons. The van der Waals surface area contributed by atoms with E-state index >= 15 is 0 Å². The van der Waals surface area contributed by atoms with Gasteiger partial charge in [-0.15, -0.1) is 0 Å². The molecule has 0 radical (unpaired) electrons. The van der Waals surface area contributed by atoms with Gasteiger partial charge in [-0.05, 0) is 13.8 Å². The number of anilines is 1. The Hall–Kier alpha value is -1.13. The third kappa shape index (κ3) is 3.41. The molecule has 5 heteroatoms. The van der Waals surface area contributed by atoms with Crippen LogP contribution in [0.15, 0.2) is 12.1 Å². The molecule has 3 N–H and O–H groups in total. The van der Waals surface area contributed by atoms with Gasteiger partial charge in [0.25, 0.3) is 0 Å². The number of ether oxygens (including phenoxy) is 2. The Kier molecular flexibility index (Phi) is 4.48. The molecule has 0 atom stereocenters. The van der Waals surface area contributed by atoms with Gasteiger partial charge in [0.1, 0.15) is 11.5 Å². The normalized spacial score (nSPS) is 11.2. The van der Waals surface area contributed by atoms with E-state index in [1.807, 2.05) is 13.8 Å². The average molecular weight is 259 g/mol. The fraction of sp³-hybridized carbons (Fsp3) is 0.500. The molecule has 0 bridgehead atoms. The summed E-state index contributed by atoms with van der Waals surface area (Å²) in [5.41, 5.74) is 6.26. The van der Waals surface area contributed by atoms with Crippen LogP contribution in [0.25, 0.3) is 0 Å². The summed E-state index contributed by atoms with van der Waals surface area (Å²) in [6.07, 6.45) is 0. The zero-order valence-electron chi connectivity index (χ0n) is 10.6. The summed E-state index contributed by atoms with van der Waals surface area (Å²) in [5, 5.41) is 3.82. The fourth-order valence-electron chi connectivity index (χ4n) is 1.37. The quantitative estimate of drug-likeness (QED) is 0.852. The number of hydrogen-bond acceptors (Lipinski definition) is 4. The number of methoxy groups -OCH3 is 2. The van der Waals surface area contributed by atoms with Gasteiger partial charge in [0.15, 0.2) is 0 Å².